The first-order chi connectivity index (χ1) is 10.3. The van der Waals surface area contributed by atoms with Crippen LogP contribution in [0, 0.1) is 0 Å². The van der Waals surface area contributed by atoms with Gasteiger partial charge in [0.1, 0.15) is 5.75 Å². The van der Waals surface area contributed by atoms with Crippen LogP contribution in [0.2, 0.25) is 0 Å². The van der Waals surface area contributed by atoms with Crippen LogP contribution in [0.5, 0.6) is 5.75 Å². The summed E-state index contributed by atoms with van der Waals surface area (Å²) in [5.41, 5.74) is 1.08. The Morgan fingerprint density at radius 3 is 2.57 bits per heavy atom. The van der Waals surface area contributed by atoms with E-state index >= 15 is 0 Å². The highest BCUT2D eigenvalue weighted by molar-refractivity contribution is 5.35. The van der Waals surface area contributed by atoms with Crippen molar-refractivity contribution in [2.75, 3.05) is 40.0 Å². The van der Waals surface area contributed by atoms with Crippen LogP contribution in [0.15, 0.2) is 24.3 Å². The van der Waals surface area contributed by atoms with E-state index in [1.54, 1.807) is 7.11 Å². The summed E-state index contributed by atoms with van der Waals surface area (Å²) in [5.74, 6) is 0.871. The summed E-state index contributed by atoms with van der Waals surface area (Å²) in [6, 6.07) is 8.02. The second-order valence-electron chi connectivity index (χ2n) is 4.92. The normalized spacial score (nSPS) is 12.3. The van der Waals surface area contributed by atoms with Crippen molar-refractivity contribution >= 4 is 0 Å². The molecule has 0 aliphatic rings. The number of ether oxygens (including phenoxy) is 3. The highest BCUT2D eigenvalue weighted by Gasteiger charge is 2.16. The molecule has 1 unspecified atom stereocenters. The van der Waals surface area contributed by atoms with Crippen LogP contribution in [0.25, 0.3) is 0 Å². The average molecular weight is 295 g/mol. The number of methoxy groups -OCH3 is 1. The fourth-order valence-electron chi connectivity index (χ4n) is 2.10. The first kappa shape index (κ1) is 18.0. The van der Waals surface area contributed by atoms with Gasteiger partial charge in [-0.05, 0) is 25.5 Å². The van der Waals surface area contributed by atoms with Crippen molar-refractivity contribution in [3.8, 4) is 5.75 Å². The third-order valence-electron chi connectivity index (χ3n) is 3.14. The van der Waals surface area contributed by atoms with E-state index in [0.29, 0.717) is 13.2 Å². The molecule has 0 saturated heterocycles. The molecule has 1 atom stereocenters. The van der Waals surface area contributed by atoms with E-state index in [4.69, 9.17) is 14.2 Å². The maximum absolute atomic E-state index is 6.00. The molecule has 0 aromatic heterocycles. The van der Waals surface area contributed by atoms with E-state index < -0.39 is 0 Å². The monoisotopic (exact) mass is 295 g/mol. The summed E-state index contributed by atoms with van der Waals surface area (Å²) < 4.78 is 16.9. The third kappa shape index (κ3) is 6.93. The zero-order chi connectivity index (χ0) is 15.3. The first-order valence-corrected chi connectivity index (χ1v) is 7.86. The Balaban J connectivity index is 2.58. The minimum atomic E-state index is -0.0158. The summed E-state index contributed by atoms with van der Waals surface area (Å²) in [7, 11) is 1.69. The van der Waals surface area contributed by atoms with E-state index in [0.717, 1.165) is 43.9 Å². The topological polar surface area (TPSA) is 39.7 Å². The minimum absolute atomic E-state index is 0.0158. The molecule has 0 radical (unpaired) electrons. The van der Waals surface area contributed by atoms with Crippen molar-refractivity contribution in [3.63, 3.8) is 0 Å². The molecule has 1 aromatic carbocycles. The largest absolute Gasteiger partial charge is 0.496 e. The summed E-state index contributed by atoms with van der Waals surface area (Å²) in [6.07, 6.45) is 2.13. The minimum Gasteiger partial charge on any atom is -0.496 e. The molecule has 0 saturated carbocycles. The molecule has 4 nitrogen and oxygen atoms in total. The van der Waals surface area contributed by atoms with Crippen LogP contribution in [0.4, 0.5) is 0 Å². The standard InChI is InChI=1S/C17H29NO3/c1-4-10-18-14-17(21-13-12-20-11-5-2)15-8-6-7-9-16(15)19-3/h6-9,17-18H,4-5,10-14H2,1-3H3. The lowest BCUT2D eigenvalue weighted by molar-refractivity contribution is 0.00347. The molecule has 4 heteroatoms. The van der Waals surface area contributed by atoms with Crippen molar-refractivity contribution in [1.29, 1.82) is 0 Å². The number of hydrogen-bond donors (Lipinski definition) is 1. The maximum Gasteiger partial charge on any atom is 0.124 e. The van der Waals surface area contributed by atoms with Crippen molar-refractivity contribution in [1.82, 2.24) is 5.32 Å². The molecule has 0 bridgehead atoms. The number of rotatable bonds is 12. The van der Waals surface area contributed by atoms with Gasteiger partial charge in [-0.1, -0.05) is 32.0 Å². The van der Waals surface area contributed by atoms with Gasteiger partial charge in [-0.3, -0.25) is 0 Å². The van der Waals surface area contributed by atoms with E-state index in [1.165, 1.54) is 0 Å². The molecule has 0 heterocycles. The molecule has 0 aliphatic heterocycles. The second-order valence-corrected chi connectivity index (χ2v) is 4.92. The molecule has 0 fully saturated rings. The Labute approximate surface area is 128 Å². The van der Waals surface area contributed by atoms with Crippen molar-refractivity contribution in [2.45, 2.75) is 32.8 Å². The quantitative estimate of drug-likeness (QED) is 0.601. The molecule has 0 aliphatic carbocycles. The van der Waals surface area contributed by atoms with Crippen molar-refractivity contribution in [3.05, 3.63) is 29.8 Å². The SMILES string of the molecule is CCCNCC(OCCOCCC)c1ccccc1OC. The molecular weight excluding hydrogens is 266 g/mol. The zero-order valence-corrected chi connectivity index (χ0v) is 13.6. The summed E-state index contributed by atoms with van der Waals surface area (Å²) >= 11 is 0. The molecule has 21 heavy (non-hydrogen) atoms. The summed E-state index contributed by atoms with van der Waals surface area (Å²) in [6.45, 7) is 8.04. The molecule has 0 amide bonds. The van der Waals surface area contributed by atoms with E-state index in [-0.39, 0.29) is 6.10 Å². The predicted octanol–water partition coefficient (Wildman–Crippen LogP) is 3.18. The number of benzene rings is 1. The Kier molecular flexibility index (Phi) is 9.87. The summed E-state index contributed by atoms with van der Waals surface area (Å²) in [5, 5.41) is 3.42. The Hall–Kier alpha value is -1.10. The number of nitrogens with one attached hydrogen (secondary N) is 1. The fraction of sp³-hybridized carbons (Fsp3) is 0.647. The lowest BCUT2D eigenvalue weighted by Gasteiger charge is -2.21. The number of hydrogen-bond acceptors (Lipinski definition) is 4. The van der Waals surface area contributed by atoms with Gasteiger partial charge in [0, 0.05) is 18.7 Å². The highest BCUT2D eigenvalue weighted by Crippen LogP contribution is 2.26. The smallest absolute Gasteiger partial charge is 0.124 e. The lowest BCUT2D eigenvalue weighted by atomic mass is 10.1. The van der Waals surface area contributed by atoms with Gasteiger partial charge in [0.05, 0.1) is 26.4 Å². The van der Waals surface area contributed by atoms with Crippen LogP contribution in [0.1, 0.15) is 38.4 Å². The Morgan fingerprint density at radius 2 is 1.86 bits per heavy atom. The van der Waals surface area contributed by atoms with Gasteiger partial charge < -0.3 is 19.5 Å². The number of para-hydroxylation sites is 1. The van der Waals surface area contributed by atoms with Crippen LogP contribution in [0.3, 0.4) is 0 Å². The van der Waals surface area contributed by atoms with Crippen molar-refractivity contribution in [2.24, 2.45) is 0 Å². The summed E-state index contributed by atoms with van der Waals surface area (Å²) in [4.78, 5) is 0. The first-order valence-electron chi connectivity index (χ1n) is 7.86. The third-order valence-corrected chi connectivity index (χ3v) is 3.14. The molecule has 1 aromatic rings. The van der Waals surface area contributed by atoms with Gasteiger partial charge in [0.2, 0.25) is 0 Å². The van der Waals surface area contributed by atoms with Gasteiger partial charge in [0.15, 0.2) is 0 Å². The van der Waals surface area contributed by atoms with Crippen molar-refractivity contribution < 1.29 is 14.2 Å². The van der Waals surface area contributed by atoms with Gasteiger partial charge in [-0.2, -0.15) is 0 Å². The molecular formula is C17H29NO3. The van der Waals surface area contributed by atoms with Crippen LogP contribution >= 0.6 is 0 Å². The second kappa shape index (κ2) is 11.5. The van der Waals surface area contributed by atoms with Gasteiger partial charge in [-0.25, -0.2) is 0 Å². The Morgan fingerprint density at radius 1 is 1.05 bits per heavy atom. The van der Waals surface area contributed by atoms with Gasteiger partial charge in [0.25, 0.3) is 0 Å². The van der Waals surface area contributed by atoms with Crippen LogP contribution in [-0.2, 0) is 9.47 Å². The highest BCUT2D eigenvalue weighted by atomic mass is 16.5. The Bertz CT molecular complexity index is 371. The molecule has 120 valence electrons. The predicted molar refractivity (Wildman–Crippen MR) is 86.0 cm³/mol. The van der Waals surface area contributed by atoms with Gasteiger partial charge >= 0.3 is 0 Å². The molecule has 1 N–H and O–H groups in total. The lowest BCUT2D eigenvalue weighted by Crippen LogP contribution is -2.25. The fourth-order valence-corrected chi connectivity index (χ4v) is 2.10. The molecule has 1 rings (SSSR count). The van der Waals surface area contributed by atoms with E-state index in [9.17, 15) is 0 Å². The average Bonchev–Trinajstić information content (AvgIpc) is 2.53. The zero-order valence-electron chi connectivity index (χ0n) is 13.6. The van der Waals surface area contributed by atoms with E-state index in [2.05, 4.69) is 25.2 Å². The van der Waals surface area contributed by atoms with Crippen LogP contribution in [-0.4, -0.2) is 40.0 Å². The van der Waals surface area contributed by atoms with Crippen LogP contribution < -0.4 is 10.1 Å². The maximum atomic E-state index is 6.00. The van der Waals surface area contributed by atoms with Gasteiger partial charge in [-0.15, -0.1) is 0 Å². The van der Waals surface area contributed by atoms with E-state index in [1.807, 2.05) is 18.2 Å². The molecule has 0 spiro atoms.